The van der Waals surface area contributed by atoms with Gasteiger partial charge in [-0.2, -0.15) is 0 Å². The van der Waals surface area contributed by atoms with Gasteiger partial charge in [-0.15, -0.1) is 0 Å². The highest BCUT2D eigenvalue weighted by atomic mass is 16.5. The fraction of sp³-hybridized carbons (Fsp3) is 0.222. The predicted octanol–water partition coefficient (Wildman–Crippen LogP) is 3.82. The largest absolute Gasteiger partial charge is 0.502 e. The summed E-state index contributed by atoms with van der Waals surface area (Å²) in [5.41, 5.74) is -27.6. The monoisotopic (exact) mass is 1320 g/mol. The van der Waals surface area contributed by atoms with E-state index in [1.54, 1.807) is 0 Å². The van der Waals surface area contributed by atoms with Crippen molar-refractivity contribution >= 4 is 107 Å². The smallest absolute Gasteiger partial charge is 0.339 e. The molecule has 3 aromatic rings. The van der Waals surface area contributed by atoms with Crippen molar-refractivity contribution in [1.29, 1.82) is 0 Å². The molecule has 0 amide bonds. The van der Waals surface area contributed by atoms with E-state index in [1.807, 2.05) is 0 Å². The van der Waals surface area contributed by atoms with E-state index in [-0.39, 0.29) is 58.9 Å². The molecule has 0 bridgehead atoms. The third kappa shape index (κ3) is 19.4. The van der Waals surface area contributed by atoms with Gasteiger partial charge < -0.3 is 105 Å². The Labute approximate surface area is 514 Å². The summed E-state index contributed by atoms with van der Waals surface area (Å²) in [5.74, 6) is -37.9. The van der Waals surface area contributed by atoms with E-state index in [2.05, 4.69) is 19.7 Å². The molecule has 15 N–H and O–H groups in total. The van der Waals surface area contributed by atoms with E-state index in [9.17, 15) is 163 Å². The van der Waals surface area contributed by atoms with Gasteiger partial charge in [-0.3, -0.25) is 0 Å². The summed E-state index contributed by atoms with van der Waals surface area (Å²) in [6.07, 6.45) is 5.00. The highest BCUT2D eigenvalue weighted by Crippen LogP contribution is 2.34. The van der Waals surface area contributed by atoms with Crippen LogP contribution in [-0.2, 0) is 28.4 Å². The van der Waals surface area contributed by atoms with Crippen LogP contribution in [0.1, 0.15) is 225 Å². The maximum Gasteiger partial charge on any atom is 0.339 e. The molecule has 498 valence electrons. The Morgan fingerprint density at radius 2 is 0.312 bits per heavy atom. The predicted molar refractivity (Wildman–Crippen MR) is 291 cm³/mol. The SMILES string of the molecule is C=COCCCCOC(=O)c1c(C(=O)O)c(C(=O)O)c(C(=O)O)c(C(=O)O)c1C(=O)O.C=COCCCCOC(=O)c1c(C(=O)O)c(C(=O)O)c(C(=O)O)c(C(=O)O)c1C(=O)O.C=COCCCCOC(=O)c1c(C(=O)O)c(C(=O)O)c(C(=O)O)c(C(=O)O)c1C(=O)O. The first-order valence-electron chi connectivity index (χ1n) is 24.8. The van der Waals surface area contributed by atoms with Crippen molar-refractivity contribution in [2.75, 3.05) is 39.6 Å². The van der Waals surface area contributed by atoms with Gasteiger partial charge in [0.15, 0.2) is 0 Å². The van der Waals surface area contributed by atoms with Gasteiger partial charge in [0.25, 0.3) is 0 Å². The molecule has 0 heterocycles. The Morgan fingerprint density at radius 3 is 0.419 bits per heavy atom. The van der Waals surface area contributed by atoms with E-state index in [4.69, 9.17) is 28.4 Å². The normalized spacial score (nSPS) is 10.1. The van der Waals surface area contributed by atoms with Crippen molar-refractivity contribution in [3.05, 3.63) is 139 Å². The van der Waals surface area contributed by atoms with Crippen LogP contribution in [0.4, 0.5) is 0 Å². The molecular formula is C54H48O39. The van der Waals surface area contributed by atoms with Crippen LogP contribution in [0.3, 0.4) is 0 Å². The number of hydrogen-bond acceptors (Lipinski definition) is 24. The molecule has 39 heteroatoms. The average molecular weight is 1320 g/mol. The Hall–Kier alpha value is -13.3. The summed E-state index contributed by atoms with van der Waals surface area (Å²) in [6.45, 7) is 9.35. The van der Waals surface area contributed by atoms with Gasteiger partial charge in [-0.05, 0) is 38.5 Å². The minimum absolute atomic E-state index is 0.162. The van der Waals surface area contributed by atoms with Crippen molar-refractivity contribution in [3.8, 4) is 0 Å². The second-order valence-electron chi connectivity index (χ2n) is 17.0. The molecule has 3 rings (SSSR count). The first kappa shape index (κ1) is 77.8. The van der Waals surface area contributed by atoms with Gasteiger partial charge in [-0.25, -0.2) is 86.3 Å². The molecule has 0 atom stereocenters. The molecule has 0 unspecified atom stereocenters. The number of hydrogen-bond donors (Lipinski definition) is 15. The van der Waals surface area contributed by atoms with Gasteiger partial charge in [-0.1, -0.05) is 19.7 Å². The summed E-state index contributed by atoms with van der Waals surface area (Å²) in [6, 6.07) is 0. The van der Waals surface area contributed by atoms with Gasteiger partial charge in [0.1, 0.15) is 0 Å². The molecule has 0 radical (unpaired) electrons. The van der Waals surface area contributed by atoms with Crippen LogP contribution < -0.4 is 0 Å². The molecule has 93 heavy (non-hydrogen) atoms. The number of benzene rings is 3. The molecule has 39 nitrogen and oxygen atoms in total. The first-order valence-corrected chi connectivity index (χ1v) is 24.8. The summed E-state index contributed by atoms with van der Waals surface area (Å²) in [4.78, 5) is 212. The Kier molecular flexibility index (Phi) is 29.7. The lowest BCUT2D eigenvalue weighted by Crippen LogP contribution is -2.28. The molecular weight excluding hydrogens is 1270 g/mol. The van der Waals surface area contributed by atoms with Crippen molar-refractivity contribution in [2.45, 2.75) is 38.5 Å². The molecule has 0 aliphatic carbocycles. The maximum atomic E-state index is 12.5. The number of rotatable bonds is 36. The maximum absolute atomic E-state index is 12.5. The number of carbonyl (C=O) groups is 18. The van der Waals surface area contributed by atoms with E-state index < -0.39 is 208 Å². The lowest BCUT2D eigenvalue weighted by atomic mass is 9.86. The van der Waals surface area contributed by atoms with Crippen molar-refractivity contribution in [3.63, 3.8) is 0 Å². The summed E-state index contributed by atoms with van der Waals surface area (Å²) >= 11 is 0. The van der Waals surface area contributed by atoms with Crippen molar-refractivity contribution in [1.82, 2.24) is 0 Å². The van der Waals surface area contributed by atoms with Crippen LogP contribution in [-0.4, -0.2) is 224 Å². The van der Waals surface area contributed by atoms with Crippen LogP contribution in [0.2, 0.25) is 0 Å². The molecule has 3 aromatic carbocycles. The summed E-state index contributed by atoms with van der Waals surface area (Å²) in [5, 5.41) is 140. The molecule has 0 aliphatic rings. The van der Waals surface area contributed by atoms with Gasteiger partial charge in [0, 0.05) is 0 Å². The third-order valence-corrected chi connectivity index (χ3v) is 11.3. The highest BCUT2D eigenvalue weighted by Gasteiger charge is 2.44. The molecule has 0 spiro atoms. The number of unbranched alkanes of at least 4 members (excludes halogenated alkanes) is 3. The minimum Gasteiger partial charge on any atom is -0.502 e. The first-order chi connectivity index (χ1) is 43.4. The lowest BCUT2D eigenvalue weighted by Gasteiger charge is -2.17. The number of carbonyl (C=O) groups excluding carboxylic acids is 3. The Morgan fingerprint density at radius 1 is 0.204 bits per heavy atom. The van der Waals surface area contributed by atoms with Crippen LogP contribution in [0.25, 0.3) is 0 Å². The van der Waals surface area contributed by atoms with E-state index in [0.29, 0.717) is 19.3 Å². The second kappa shape index (κ2) is 35.5. The second-order valence-corrected chi connectivity index (χ2v) is 17.0. The zero-order chi connectivity index (χ0) is 71.6. The minimum atomic E-state index is -2.22. The van der Waals surface area contributed by atoms with E-state index >= 15 is 0 Å². The Balaban J connectivity index is 0.000000697. The molecule has 0 aliphatic heterocycles. The number of carboxylic acid groups (broad SMARTS) is 15. The standard InChI is InChI=1S/3C18H16O13/c3*1-2-30-5-3-4-6-31-18(29)12-10(16(25)26)8(14(21)22)7(13(19)20)9(15(23)24)11(12)17(27)28/h3*2H,1,3-6H2,(H,19,20)(H,21,22)(H,23,24)(H,25,26)(H,27,28). The topological polar surface area (TPSA) is 666 Å². The number of esters is 3. The van der Waals surface area contributed by atoms with Crippen molar-refractivity contribution < 1.29 is 191 Å². The Bertz CT molecular complexity index is 3130. The van der Waals surface area contributed by atoms with Crippen LogP contribution in [0, 0.1) is 0 Å². The molecule has 0 saturated heterocycles. The lowest BCUT2D eigenvalue weighted by molar-refractivity contribution is 0.0466. The number of carboxylic acids is 15. The van der Waals surface area contributed by atoms with Crippen LogP contribution in [0.15, 0.2) is 38.5 Å². The van der Waals surface area contributed by atoms with Gasteiger partial charge in [0.2, 0.25) is 0 Å². The highest BCUT2D eigenvalue weighted by molar-refractivity contribution is 6.26. The van der Waals surface area contributed by atoms with E-state index in [1.165, 1.54) is 0 Å². The van der Waals surface area contributed by atoms with Crippen LogP contribution in [0.5, 0.6) is 0 Å². The molecule has 0 fully saturated rings. The number of aromatic carboxylic acids is 15. The van der Waals surface area contributed by atoms with Gasteiger partial charge >= 0.3 is 107 Å². The average Bonchev–Trinajstić information content (AvgIpc) is 0.759. The van der Waals surface area contributed by atoms with Gasteiger partial charge in [0.05, 0.1) is 159 Å². The molecule has 0 aromatic heterocycles. The summed E-state index contributed by atoms with van der Waals surface area (Å²) < 4.78 is 28.8. The fourth-order valence-electron chi connectivity index (χ4n) is 7.89. The van der Waals surface area contributed by atoms with E-state index in [0.717, 1.165) is 18.8 Å². The quantitative estimate of drug-likeness (QED) is 0.0170. The van der Waals surface area contributed by atoms with Crippen molar-refractivity contribution in [2.24, 2.45) is 0 Å². The molecule has 0 saturated carbocycles. The summed E-state index contributed by atoms with van der Waals surface area (Å²) in [7, 11) is 0. The van der Waals surface area contributed by atoms with Crippen LogP contribution >= 0.6 is 0 Å². The zero-order valence-electron chi connectivity index (χ0n) is 46.8. The zero-order valence-corrected chi connectivity index (χ0v) is 46.8. The fourth-order valence-corrected chi connectivity index (χ4v) is 7.89. The number of ether oxygens (including phenoxy) is 6. The third-order valence-electron chi connectivity index (χ3n) is 11.3.